The molecule has 1 fully saturated rings. The molecule has 2 aromatic rings. The lowest BCUT2D eigenvalue weighted by Gasteiger charge is -2.32. The summed E-state index contributed by atoms with van der Waals surface area (Å²) < 4.78 is 6.36. The highest BCUT2D eigenvalue weighted by molar-refractivity contribution is 5.83. The average molecular weight is 498 g/mol. The third-order valence-corrected chi connectivity index (χ3v) is 6.90. The number of carbonyl (C=O) groups is 2. The van der Waals surface area contributed by atoms with E-state index < -0.39 is 36.1 Å². The Hall–Kier alpha value is -3.30. The van der Waals surface area contributed by atoms with E-state index in [2.05, 4.69) is 10.6 Å². The number of nitrogens with zero attached hydrogens (tertiary/aromatic N) is 1. The number of carboxylic acids is 1. The van der Waals surface area contributed by atoms with E-state index in [1.165, 1.54) is 0 Å². The average Bonchev–Trinajstić information content (AvgIpc) is 3.28. The quantitative estimate of drug-likeness (QED) is 0.219. The van der Waals surface area contributed by atoms with Crippen molar-refractivity contribution >= 4 is 11.9 Å². The molecule has 0 radical (unpaired) electrons. The molecular formula is C27H35N3O6. The van der Waals surface area contributed by atoms with Crippen molar-refractivity contribution in [3.05, 3.63) is 81.9 Å². The van der Waals surface area contributed by atoms with E-state index in [-0.39, 0.29) is 42.7 Å². The van der Waals surface area contributed by atoms with E-state index >= 15 is 0 Å². The van der Waals surface area contributed by atoms with Crippen LogP contribution in [0.25, 0.3) is 0 Å². The lowest BCUT2D eigenvalue weighted by molar-refractivity contribution is -0.535. The molecule has 0 saturated carbocycles. The van der Waals surface area contributed by atoms with Crippen molar-refractivity contribution in [1.29, 1.82) is 0 Å². The van der Waals surface area contributed by atoms with Gasteiger partial charge in [0.15, 0.2) is 0 Å². The minimum Gasteiger partial charge on any atom is -0.481 e. The first-order valence-corrected chi connectivity index (χ1v) is 12.4. The fraction of sp³-hybridized carbons (Fsp3) is 0.481. The number of amides is 1. The molecule has 0 aliphatic carbocycles. The Kier molecular flexibility index (Phi) is 9.95. The Balaban J connectivity index is 1.93. The molecule has 1 saturated heterocycles. The van der Waals surface area contributed by atoms with Crippen LogP contribution in [-0.2, 0) is 20.9 Å². The molecular weight excluding hydrogens is 462 g/mol. The predicted octanol–water partition coefficient (Wildman–Crippen LogP) is 3.57. The molecule has 36 heavy (non-hydrogen) atoms. The van der Waals surface area contributed by atoms with Gasteiger partial charge in [0.05, 0.1) is 24.7 Å². The van der Waals surface area contributed by atoms with Crippen LogP contribution < -0.4 is 10.6 Å². The molecule has 1 heterocycles. The number of nitrogens with one attached hydrogen (secondary N) is 2. The molecule has 1 unspecified atom stereocenters. The first-order valence-electron chi connectivity index (χ1n) is 12.4. The number of aliphatic carboxylic acids is 1. The summed E-state index contributed by atoms with van der Waals surface area (Å²) in [5.41, 5.74) is 1.68. The summed E-state index contributed by atoms with van der Waals surface area (Å²) in [6.07, 6.45) is 0.380. The summed E-state index contributed by atoms with van der Waals surface area (Å²) in [5.74, 6) is -2.10. The molecule has 194 valence electrons. The topological polar surface area (TPSA) is 131 Å². The van der Waals surface area contributed by atoms with Gasteiger partial charge in [0.2, 0.25) is 11.9 Å². The Morgan fingerprint density at radius 1 is 1.14 bits per heavy atom. The Bertz CT molecular complexity index is 1000. The molecule has 2 aromatic carbocycles. The normalized spacial score (nSPS) is 23.1. The van der Waals surface area contributed by atoms with E-state index in [0.29, 0.717) is 0 Å². The highest BCUT2D eigenvalue weighted by Crippen LogP contribution is 2.39. The van der Waals surface area contributed by atoms with Crippen LogP contribution >= 0.6 is 0 Å². The number of hydrogen-bond donors (Lipinski definition) is 3. The standard InChI is InChI=1S/C27H35N3O6/c1-3-18(2)26(36-17-19-11-6-4-7-12-19)22-24(27(33)28-16-10-15-21(31)32)29-23(25(22)30(34)35)20-13-8-5-9-14-20/h4-9,11-14,18,22-26,29H,3,10,15-17H2,1-2H3,(H,28,33)(H,31,32)/t18-,22+,23-,24-,25-,26?/m0/s1. The second-order valence-corrected chi connectivity index (χ2v) is 9.32. The van der Waals surface area contributed by atoms with Crippen LogP contribution in [0.2, 0.25) is 0 Å². The van der Waals surface area contributed by atoms with Crippen molar-refractivity contribution in [3.8, 4) is 0 Å². The van der Waals surface area contributed by atoms with Crippen molar-refractivity contribution in [1.82, 2.24) is 10.6 Å². The van der Waals surface area contributed by atoms with E-state index in [4.69, 9.17) is 9.84 Å². The van der Waals surface area contributed by atoms with Crippen molar-refractivity contribution in [3.63, 3.8) is 0 Å². The number of hydrogen-bond acceptors (Lipinski definition) is 6. The van der Waals surface area contributed by atoms with Crippen LogP contribution in [0.4, 0.5) is 0 Å². The lowest BCUT2D eigenvalue weighted by atomic mass is 9.80. The fourth-order valence-electron chi connectivity index (χ4n) is 4.89. The Morgan fingerprint density at radius 3 is 2.36 bits per heavy atom. The van der Waals surface area contributed by atoms with Crippen molar-refractivity contribution in [2.75, 3.05) is 6.54 Å². The van der Waals surface area contributed by atoms with Crippen molar-refractivity contribution < 1.29 is 24.4 Å². The van der Waals surface area contributed by atoms with Crippen LogP contribution in [0.3, 0.4) is 0 Å². The Labute approximate surface area is 211 Å². The van der Waals surface area contributed by atoms with Gasteiger partial charge in [-0.2, -0.15) is 0 Å². The molecule has 1 aliphatic rings. The molecule has 6 atom stereocenters. The van der Waals surface area contributed by atoms with Gasteiger partial charge in [0.1, 0.15) is 6.04 Å². The van der Waals surface area contributed by atoms with Gasteiger partial charge in [-0.25, -0.2) is 0 Å². The second-order valence-electron chi connectivity index (χ2n) is 9.32. The maximum Gasteiger partial charge on any atom is 0.303 e. The largest absolute Gasteiger partial charge is 0.481 e. The number of carbonyl (C=O) groups excluding carboxylic acids is 1. The van der Waals surface area contributed by atoms with Gasteiger partial charge in [0.25, 0.3) is 0 Å². The molecule has 9 heteroatoms. The van der Waals surface area contributed by atoms with Crippen LogP contribution in [0.1, 0.15) is 50.3 Å². The van der Waals surface area contributed by atoms with Crippen molar-refractivity contribution in [2.45, 2.75) is 63.9 Å². The fourth-order valence-corrected chi connectivity index (χ4v) is 4.89. The summed E-state index contributed by atoms with van der Waals surface area (Å²) in [4.78, 5) is 36.4. The SMILES string of the molecule is CC[C@H](C)C(OCc1ccccc1)[C@H]1[C@H]([N+](=O)[O-])[C@H](c2ccccc2)N[C@@H]1C(=O)NCCCC(=O)O. The first kappa shape index (κ1) is 27.3. The summed E-state index contributed by atoms with van der Waals surface area (Å²) in [6, 6.07) is 16.1. The van der Waals surface area contributed by atoms with Crippen LogP contribution in [0, 0.1) is 22.0 Å². The zero-order chi connectivity index (χ0) is 26.1. The molecule has 9 nitrogen and oxygen atoms in total. The van der Waals surface area contributed by atoms with Gasteiger partial charge >= 0.3 is 5.97 Å². The summed E-state index contributed by atoms with van der Waals surface area (Å²) >= 11 is 0. The third kappa shape index (κ3) is 6.89. The monoisotopic (exact) mass is 497 g/mol. The zero-order valence-corrected chi connectivity index (χ0v) is 20.7. The van der Waals surface area contributed by atoms with E-state index in [1.807, 2.05) is 74.5 Å². The van der Waals surface area contributed by atoms with Gasteiger partial charge in [-0.3, -0.25) is 25.0 Å². The molecule has 1 amide bonds. The predicted molar refractivity (Wildman–Crippen MR) is 135 cm³/mol. The number of ether oxygens (including phenoxy) is 1. The molecule has 0 spiro atoms. The molecule has 3 N–H and O–H groups in total. The van der Waals surface area contributed by atoms with Crippen molar-refractivity contribution in [2.24, 2.45) is 11.8 Å². The van der Waals surface area contributed by atoms with Gasteiger partial charge < -0.3 is 15.2 Å². The number of nitro groups is 1. The van der Waals surface area contributed by atoms with E-state index in [9.17, 15) is 19.7 Å². The third-order valence-electron chi connectivity index (χ3n) is 6.90. The van der Waals surface area contributed by atoms with Gasteiger partial charge in [-0.15, -0.1) is 0 Å². The molecule has 0 aromatic heterocycles. The van der Waals surface area contributed by atoms with E-state index in [0.717, 1.165) is 17.5 Å². The van der Waals surface area contributed by atoms with Crippen LogP contribution in [0.15, 0.2) is 60.7 Å². The number of benzene rings is 2. The van der Waals surface area contributed by atoms with Crippen LogP contribution in [-0.4, -0.2) is 46.6 Å². The van der Waals surface area contributed by atoms with Crippen LogP contribution in [0.5, 0.6) is 0 Å². The maximum atomic E-state index is 13.3. The van der Waals surface area contributed by atoms with Gasteiger partial charge in [0, 0.05) is 17.9 Å². The maximum absolute atomic E-state index is 13.3. The number of carboxylic acid groups (broad SMARTS) is 1. The van der Waals surface area contributed by atoms with E-state index in [1.54, 1.807) is 0 Å². The van der Waals surface area contributed by atoms with Gasteiger partial charge in [-0.05, 0) is 23.5 Å². The smallest absolute Gasteiger partial charge is 0.303 e. The summed E-state index contributed by atoms with van der Waals surface area (Å²) in [7, 11) is 0. The Morgan fingerprint density at radius 2 is 1.78 bits per heavy atom. The number of rotatable bonds is 13. The highest BCUT2D eigenvalue weighted by Gasteiger charge is 2.57. The molecule has 3 rings (SSSR count). The summed E-state index contributed by atoms with van der Waals surface area (Å²) in [6.45, 7) is 4.45. The molecule has 0 bridgehead atoms. The first-order chi connectivity index (χ1) is 17.3. The zero-order valence-electron chi connectivity index (χ0n) is 20.7. The lowest BCUT2D eigenvalue weighted by Crippen LogP contribution is -2.51. The second kappa shape index (κ2) is 13.1. The highest BCUT2D eigenvalue weighted by atomic mass is 16.6. The minimum atomic E-state index is -1.09. The van der Waals surface area contributed by atoms with Gasteiger partial charge in [-0.1, -0.05) is 80.9 Å². The summed E-state index contributed by atoms with van der Waals surface area (Å²) in [5, 5.41) is 27.4. The molecule has 1 aliphatic heterocycles. The minimum absolute atomic E-state index is 0.0419.